The molecule has 0 radical (unpaired) electrons. The van der Waals surface area contributed by atoms with E-state index in [1.165, 1.54) is 16.4 Å². The fourth-order valence-corrected chi connectivity index (χ4v) is 3.43. The van der Waals surface area contributed by atoms with Crippen LogP contribution in [-0.2, 0) is 10.0 Å². The number of nitrogens with zero attached hydrogens (tertiary/aromatic N) is 1. The van der Waals surface area contributed by atoms with Crippen LogP contribution in [0.25, 0.3) is 0 Å². The Bertz CT molecular complexity index is 591. The van der Waals surface area contributed by atoms with Crippen molar-refractivity contribution in [3.8, 4) is 12.3 Å². The summed E-state index contributed by atoms with van der Waals surface area (Å²) in [6.07, 6.45) is 5.16. The van der Waals surface area contributed by atoms with Crippen LogP contribution in [0, 0.1) is 19.3 Å². The van der Waals surface area contributed by atoms with E-state index < -0.39 is 10.0 Å². The molecule has 4 nitrogen and oxygen atoms in total. The number of rotatable bonds is 4. The van der Waals surface area contributed by atoms with Crippen LogP contribution >= 0.6 is 11.6 Å². The maximum Gasteiger partial charge on any atom is 0.245 e. The van der Waals surface area contributed by atoms with E-state index in [0.717, 1.165) is 5.56 Å². The minimum atomic E-state index is -3.70. The van der Waals surface area contributed by atoms with Crippen molar-refractivity contribution in [3.05, 3.63) is 22.7 Å². The van der Waals surface area contributed by atoms with Crippen molar-refractivity contribution in [2.45, 2.75) is 18.7 Å². The van der Waals surface area contributed by atoms with E-state index in [-0.39, 0.29) is 23.0 Å². The van der Waals surface area contributed by atoms with Gasteiger partial charge in [0.15, 0.2) is 0 Å². The van der Waals surface area contributed by atoms with Gasteiger partial charge in [0.25, 0.3) is 0 Å². The minimum absolute atomic E-state index is 0.00292. The largest absolute Gasteiger partial charge is 0.398 e. The van der Waals surface area contributed by atoms with Gasteiger partial charge in [0.2, 0.25) is 10.0 Å². The third-order valence-electron chi connectivity index (χ3n) is 2.56. The van der Waals surface area contributed by atoms with Crippen molar-refractivity contribution in [1.82, 2.24) is 4.31 Å². The summed E-state index contributed by atoms with van der Waals surface area (Å²) in [5, 5.41) is 0.150. The number of halogens is 1. The van der Waals surface area contributed by atoms with Crippen molar-refractivity contribution in [1.29, 1.82) is 0 Å². The van der Waals surface area contributed by atoms with Gasteiger partial charge in [0, 0.05) is 12.2 Å². The zero-order valence-electron chi connectivity index (χ0n) is 10.3. The zero-order valence-corrected chi connectivity index (χ0v) is 11.8. The molecule has 1 aromatic rings. The van der Waals surface area contributed by atoms with Gasteiger partial charge < -0.3 is 5.73 Å². The number of sulfonamides is 1. The second kappa shape index (κ2) is 5.61. The van der Waals surface area contributed by atoms with E-state index in [1.807, 2.05) is 0 Å². The quantitative estimate of drug-likeness (QED) is 0.679. The number of benzene rings is 1. The molecule has 0 aliphatic rings. The Kier molecular flexibility index (Phi) is 4.63. The lowest BCUT2D eigenvalue weighted by Gasteiger charge is -2.19. The topological polar surface area (TPSA) is 63.4 Å². The lowest BCUT2D eigenvalue weighted by molar-refractivity contribution is 0.464. The number of nitrogen functional groups attached to an aromatic ring is 1. The highest BCUT2D eigenvalue weighted by molar-refractivity contribution is 7.89. The van der Waals surface area contributed by atoms with E-state index in [4.69, 9.17) is 23.8 Å². The molecule has 18 heavy (non-hydrogen) atoms. The van der Waals surface area contributed by atoms with Crippen LogP contribution in [-0.4, -0.2) is 25.8 Å². The zero-order chi connectivity index (χ0) is 13.9. The molecule has 0 heterocycles. The molecule has 2 N–H and O–H groups in total. The summed E-state index contributed by atoms with van der Waals surface area (Å²) in [4.78, 5) is -0.00985. The molecule has 0 unspecified atom stereocenters. The van der Waals surface area contributed by atoms with Gasteiger partial charge in [-0.2, -0.15) is 4.31 Å². The predicted octanol–water partition coefficient (Wildman–Crippen LogP) is 1.87. The van der Waals surface area contributed by atoms with Gasteiger partial charge in [0.05, 0.1) is 11.6 Å². The summed E-state index contributed by atoms with van der Waals surface area (Å²) < 4.78 is 25.8. The SMILES string of the molecule is C#CCN(CC)S(=O)(=O)c1cc(N)c(C)cc1Cl. The molecule has 0 spiro atoms. The molecule has 0 aliphatic carbocycles. The molecule has 98 valence electrons. The Morgan fingerprint density at radius 3 is 2.61 bits per heavy atom. The molecular weight excluding hydrogens is 272 g/mol. The summed E-state index contributed by atoms with van der Waals surface area (Å²) in [7, 11) is -3.70. The first-order chi connectivity index (χ1) is 8.34. The van der Waals surface area contributed by atoms with E-state index in [0.29, 0.717) is 5.69 Å². The average molecular weight is 287 g/mol. The van der Waals surface area contributed by atoms with Gasteiger partial charge in [-0.15, -0.1) is 6.42 Å². The molecule has 0 saturated heterocycles. The van der Waals surface area contributed by atoms with Crippen LogP contribution < -0.4 is 5.73 Å². The smallest absolute Gasteiger partial charge is 0.245 e. The van der Waals surface area contributed by atoms with Crippen molar-refractivity contribution >= 4 is 27.3 Å². The van der Waals surface area contributed by atoms with Crippen molar-refractivity contribution in [2.75, 3.05) is 18.8 Å². The van der Waals surface area contributed by atoms with Crippen LogP contribution in [0.4, 0.5) is 5.69 Å². The van der Waals surface area contributed by atoms with Gasteiger partial charge in [0.1, 0.15) is 4.90 Å². The number of nitrogens with two attached hydrogens (primary N) is 1. The molecule has 0 aliphatic heterocycles. The lowest BCUT2D eigenvalue weighted by atomic mass is 10.2. The molecule has 0 atom stereocenters. The van der Waals surface area contributed by atoms with Crippen molar-refractivity contribution < 1.29 is 8.42 Å². The van der Waals surface area contributed by atoms with Crippen LogP contribution in [0.5, 0.6) is 0 Å². The molecule has 1 aromatic carbocycles. The number of anilines is 1. The number of terminal acetylenes is 1. The summed E-state index contributed by atoms with van der Waals surface area (Å²) in [5.41, 5.74) is 6.84. The molecule has 6 heteroatoms. The number of aryl methyl sites for hydroxylation is 1. The second-order valence-corrected chi connectivity index (χ2v) is 6.09. The second-order valence-electron chi connectivity index (χ2n) is 3.77. The Morgan fingerprint density at radius 1 is 1.50 bits per heavy atom. The lowest BCUT2D eigenvalue weighted by Crippen LogP contribution is -2.31. The van der Waals surface area contributed by atoms with Crippen LogP contribution in [0.2, 0.25) is 5.02 Å². The molecule has 1 rings (SSSR count). The van der Waals surface area contributed by atoms with E-state index >= 15 is 0 Å². The summed E-state index contributed by atoms with van der Waals surface area (Å²) >= 11 is 5.97. The first kappa shape index (κ1) is 14.8. The molecule has 0 amide bonds. The Morgan fingerprint density at radius 2 is 2.11 bits per heavy atom. The van der Waals surface area contributed by atoms with Crippen LogP contribution in [0.3, 0.4) is 0 Å². The highest BCUT2D eigenvalue weighted by Gasteiger charge is 2.25. The van der Waals surface area contributed by atoms with Gasteiger partial charge in [-0.25, -0.2) is 8.42 Å². The summed E-state index contributed by atoms with van der Waals surface area (Å²) in [5.74, 6) is 2.31. The van der Waals surface area contributed by atoms with Gasteiger partial charge in [-0.05, 0) is 24.6 Å². The van der Waals surface area contributed by atoms with E-state index in [9.17, 15) is 8.42 Å². The predicted molar refractivity (Wildman–Crippen MR) is 73.9 cm³/mol. The first-order valence-electron chi connectivity index (χ1n) is 5.33. The van der Waals surface area contributed by atoms with Crippen molar-refractivity contribution in [2.24, 2.45) is 0 Å². The monoisotopic (exact) mass is 286 g/mol. The van der Waals surface area contributed by atoms with E-state index in [1.54, 1.807) is 13.8 Å². The third kappa shape index (κ3) is 2.78. The summed E-state index contributed by atoms with van der Waals surface area (Å²) in [6.45, 7) is 3.75. The van der Waals surface area contributed by atoms with Crippen LogP contribution in [0.15, 0.2) is 17.0 Å². The fraction of sp³-hybridized carbons (Fsp3) is 0.333. The third-order valence-corrected chi connectivity index (χ3v) is 4.94. The molecule has 0 fully saturated rings. The summed E-state index contributed by atoms with van der Waals surface area (Å²) in [6, 6.07) is 2.90. The number of hydrogen-bond donors (Lipinski definition) is 1. The van der Waals surface area contributed by atoms with Crippen LogP contribution in [0.1, 0.15) is 12.5 Å². The molecule has 0 bridgehead atoms. The Balaban J connectivity index is 3.37. The Labute approximate surface area is 113 Å². The highest BCUT2D eigenvalue weighted by Crippen LogP contribution is 2.28. The standard InChI is InChI=1S/C12H15ClN2O2S/c1-4-6-15(5-2)18(16,17)12-8-11(14)9(3)7-10(12)13/h1,7-8H,5-6,14H2,2-3H3. The van der Waals surface area contributed by atoms with Gasteiger partial charge in [-0.3, -0.25) is 0 Å². The first-order valence-corrected chi connectivity index (χ1v) is 7.15. The minimum Gasteiger partial charge on any atom is -0.398 e. The maximum atomic E-state index is 12.3. The molecule has 0 aromatic heterocycles. The van der Waals surface area contributed by atoms with Gasteiger partial charge >= 0.3 is 0 Å². The van der Waals surface area contributed by atoms with E-state index in [2.05, 4.69) is 5.92 Å². The maximum absolute atomic E-state index is 12.3. The average Bonchev–Trinajstić information content (AvgIpc) is 2.30. The highest BCUT2D eigenvalue weighted by atomic mass is 35.5. The molecule has 0 saturated carbocycles. The van der Waals surface area contributed by atoms with Crippen molar-refractivity contribution in [3.63, 3.8) is 0 Å². The Hall–Kier alpha value is -1.22. The number of hydrogen-bond acceptors (Lipinski definition) is 3. The fourth-order valence-electron chi connectivity index (χ4n) is 1.47. The van der Waals surface area contributed by atoms with Gasteiger partial charge in [-0.1, -0.05) is 24.4 Å². The molecular formula is C12H15ClN2O2S. The normalized spacial score (nSPS) is 11.5.